The molecule has 0 bridgehead atoms. The number of halogens is 4. The lowest BCUT2D eigenvalue weighted by molar-refractivity contribution is -0.137. The number of anilines is 2. The first-order valence-corrected chi connectivity index (χ1v) is 10.1. The van der Waals surface area contributed by atoms with Gasteiger partial charge in [0.15, 0.2) is 5.65 Å². The zero-order valence-corrected chi connectivity index (χ0v) is 17.6. The number of aromatic nitrogens is 7. The maximum absolute atomic E-state index is 14.3. The van der Waals surface area contributed by atoms with Crippen LogP contribution in [-0.4, -0.2) is 34.3 Å². The maximum atomic E-state index is 14.3. The van der Waals surface area contributed by atoms with Crippen molar-refractivity contribution in [2.75, 3.05) is 5.32 Å². The lowest BCUT2D eigenvalue weighted by Gasteiger charge is -2.09. The van der Waals surface area contributed by atoms with Gasteiger partial charge in [0.25, 0.3) is 0 Å². The van der Waals surface area contributed by atoms with Crippen LogP contribution in [0.4, 0.5) is 29.3 Å². The topological polar surface area (TPSA) is 85.8 Å². The summed E-state index contributed by atoms with van der Waals surface area (Å²) in [5.74, 6) is 0.560. The van der Waals surface area contributed by atoms with Gasteiger partial charge >= 0.3 is 6.18 Å². The van der Waals surface area contributed by atoms with Gasteiger partial charge in [0.05, 0.1) is 17.5 Å². The second-order valence-corrected chi connectivity index (χ2v) is 7.47. The van der Waals surface area contributed by atoms with E-state index in [2.05, 4.69) is 30.6 Å². The summed E-state index contributed by atoms with van der Waals surface area (Å²) in [6.45, 7) is 0. The van der Waals surface area contributed by atoms with Crippen LogP contribution in [0, 0.1) is 5.82 Å². The van der Waals surface area contributed by atoms with Crippen molar-refractivity contribution in [3.63, 3.8) is 0 Å². The van der Waals surface area contributed by atoms with Crippen LogP contribution in [0.25, 0.3) is 16.9 Å². The third-order valence-corrected chi connectivity index (χ3v) is 5.22. The van der Waals surface area contributed by atoms with Crippen molar-refractivity contribution in [2.24, 2.45) is 7.05 Å². The fraction of sp³-hybridized carbons (Fsp3) is 0.136. The molecule has 34 heavy (non-hydrogen) atoms. The summed E-state index contributed by atoms with van der Waals surface area (Å²) in [6, 6.07) is 9.55. The SMILES string of the molecule is Cn1nccc1Nc1nccc(-c2ccn3c(Cc4ccc(C(F)(F)F)cc4F)nnc3c2)n1. The van der Waals surface area contributed by atoms with E-state index in [1.165, 1.54) is 0 Å². The monoisotopic (exact) mass is 468 g/mol. The van der Waals surface area contributed by atoms with Gasteiger partial charge in [-0.1, -0.05) is 6.07 Å². The van der Waals surface area contributed by atoms with Crippen LogP contribution in [-0.2, 0) is 19.6 Å². The Kier molecular flexibility index (Phi) is 5.19. The second-order valence-electron chi connectivity index (χ2n) is 7.47. The van der Waals surface area contributed by atoms with E-state index >= 15 is 0 Å². The highest BCUT2D eigenvalue weighted by Crippen LogP contribution is 2.30. The molecule has 4 heterocycles. The van der Waals surface area contributed by atoms with Gasteiger partial charge in [-0.3, -0.25) is 9.08 Å². The van der Waals surface area contributed by atoms with Gasteiger partial charge < -0.3 is 5.32 Å². The van der Waals surface area contributed by atoms with Gasteiger partial charge in [-0.25, -0.2) is 14.4 Å². The molecule has 172 valence electrons. The van der Waals surface area contributed by atoms with Gasteiger partial charge in [-0.15, -0.1) is 10.2 Å². The third-order valence-electron chi connectivity index (χ3n) is 5.22. The number of pyridine rings is 1. The molecule has 12 heteroatoms. The predicted molar refractivity (Wildman–Crippen MR) is 115 cm³/mol. The summed E-state index contributed by atoms with van der Waals surface area (Å²) in [5, 5.41) is 15.4. The number of hydrogen-bond donors (Lipinski definition) is 1. The highest BCUT2D eigenvalue weighted by molar-refractivity contribution is 5.65. The number of nitrogens with one attached hydrogen (secondary N) is 1. The van der Waals surface area contributed by atoms with E-state index in [0.29, 0.717) is 29.2 Å². The van der Waals surface area contributed by atoms with Gasteiger partial charge in [0, 0.05) is 37.5 Å². The minimum atomic E-state index is -4.61. The molecule has 0 saturated carbocycles. The lowest BCUT2D eigenvalue weighted by atomic mass is 10.1. The molecule has 0 fully saturated rings. The average Bonchev–Trinajstić information content (AvgIpc) is 3.40. The molecule has 0 amide bonds. The van der Waals surface area contributed by atoms with Gasteiger partial charge in [0.1, 0.15) is 17.5 Å². The lowest BCUT2D eigenvalue weighted by Crippen LogP contribution is -2.07. The molecule has 0 atom stereocenters. The maximum Gasteiger partial charge on any atom is 0.416 e. The Balaban J connectivity index is 1.40. The number of fused-ring (bicyclic) bond motifs is 1. The van der Waals surface area contributed by atoms with E-state index < -0.39 is 17.6 Å². The van der Waals surface area contributed by atoms with Crippen LogP contribution in [0.5, 0.6) is 0 Å². The van der Waals surface area contributed by atoms with Crippen molar-refractivity contribution in [1.29, 1.82) is 0 Å². The van der Waals surface area contributed by atoms with E-state index in [9.17, 15) is 17.6 Å². The molecule has 0 aliphatic rings. The van der Waals surface area contributed by atoms with Crippen LogP contribution >= 0.6 is 0 Å². The Hall–Kier alpha value is -4.35. The second kappa shape index (κ2) is 8.21. The molecule has 0 aliphatic heterocycles. The standard InChI is InChI=1S/C22H16F4N8/c1-33-18(5-8-28-33)30-21-27-7-4-17(29-21)14-6-9-34-19(31-32-20(34)11-14)10-13-2-3-15(12-16(13)23)22(24,25)26/h2-9,11-12H,10H2,1H3,(H,27,29,30). The van der Waals surface area contributed by atoms with E-state index in [4.69, 9.17) is 0 Å². The Morgan fingerprint density at radius 3 is 2.59 bits per heavy atom. The van der Waals surface area contributed by atoms with Crippen molar-refractivity contribution < 1.29 is 17.6 Å². The van der Waals surface area contributed by atoms with Crippen LogP contribution < -0.4 is 5.32 Å². The molecular formula is C22H16F4N8. The van der Waals surface area contributed by atoms with Crippen LogP contribution in [0.3, 0.4) is 0 Å². The summed E-state index contributed by atoms with van der Waals surface area (Å²) in [6.07, 6.45) is 0.355. The summed E-state index contributed by atoms with van der Waals surface area (Å²) >= 11 is 0. The fourth-order valence-electron chi connectivity index (χ4n) is 3.45. The Labute approximate surface area is 189 Å². The molecule has 5 rings (SSSR count). The molecule has 0 unspecified atom stereocenters. The molecule has 0 aliphatic carbocycles. The number of alkyl halides is 3. The zero-order chi connectivity index (χ0) is 23.9. The van der Waals surface area contributed by atoms with E-state index in [-0.39, 0.29) is 12.0 Å². The summed E-state index contributed by atoms with van der Waals surface area (Å²) in [5.41, 5.74) is 0.933. The molecule has 8 nitrogen and oxygen atoms in total. The fourth-order valence-corrected chi connectivity index (χ4v) is 3.45. The first-order valence-electron chi connectivity index (χ1n) is 10.1. The molecule has 4 aromatic heterocycles. The Bertz CT molecular complexity index is 1490. The highest BCUT2D eigenvalue weighted by atomic mass is 19.4. The zero-order valence-electron chi connectivity index (χ0n) is 17.6. The number of aryl methyl sites for hydroxylation is 1. The minimum Gasteiger partial charge on any atom is -0.309 e. The van der Waals surface area contributed by atoms with Crippen molar-refractivity contribution in [1.82, 2.24) is 34.3 Å². The van der Waals surface area contributed by atoms with E-state index in [1.807, 2.05) is 0 Å². The molecule has 1 aromatic carbocycles. The smallest absolute Gasteiger partial charge is 0.309 e. The summed E-state index contributed by atoms with van der Waals surface area (Å²) < 4.78 is 55.9. The van der Waals surface area contributed by atoms with Gasteiger partial charge in [-0.05, 0) is 35.9 Å². The van der Waals surface area contributed by atoms with Crippen LogP contribution in [0.1, 0.15) is 17.0 Å². The largest absolute Gasteiger partial charge is 0.416 e. The number of benzene rings is 1. The number of hydrogen-bond acceptors (Lipinski definition) is 6. The van der Waals surface area contributed by atoms with Gasteiger partial charge in [-0.2, -0.15) is 18.3 Å². The molecule has 1 N–H and O–H groups in total. The van der Waals surface area contributed by atoms with Gasteiger partial charge in [0.2, 0.25) is 5.95 Å². The summed E-state index contributed by atoms with van der Waals surface area (Å²) in [7, 11) is 1.79. The first-order chi connectivity index (χ1) is 16.3. The molecule has 0 radical (unpaired) electrons. The van der Waals surface area contributed by atoms with Crippen molar-refractivity contribution in [3.8, 4) is 11.3 Å². The van der Waals surface area contributed by atoms with Crippen molar-refractivity contribution >= 4 is 17.4 Å². The van der Waals surface area contributed by atoms with E-state index in [1.54, 1.807) is 59.0 Å². The third kappa shape index (κ3) is 4.17. The normalized spacial score (nSPS) is 11.8. The van der Waals surface area contributed by atoms with Crippen molar-refractivity contribution in [2.45, 2.75) is 12.6 Å². The number of nitrogens with zero attached hydrogens (tertiary/aromatic N) is 7. The number of rotatable bonds is 5. The highest BCUT2D eigenvalue weighted by Gasteiger charge is 2.31. The van der Waals surface area contributed by atoms with Crippen molar-refractivity contribution in [3.05, 3.63) is 83.8 Å². The Morgan fingerprint density at radius 2 is 1.85 bits per heavy atom. The summed E-state index contributed by atoms with van der Waals surface area (Å²) in [4.78, 5) is 8.74. The molecular weight excluding hydrogens is 452 g/mol. The Morgan fingerprint density at radius 1 is 1.00 bits per heavy atom. The minimum absolute atomic E-state index is 0.0171. The quantitative estimate of drug-likeness (QED) is 0.385. The van der Waals surface area contributed by atoms with Crippen LogP contribution in [0.15, 0.2) is 61.1 Å². The van der Waals surface area contributed by atoms with E-state index in [0.717, 1.165) is 23.5 Å². The average molecular weight is 468 g/mol. The predicted octanol–water partition coefficient (Wildman–Crippen LogP) is 4.41. The van der Waals surface area contributed by atoms with Crippen LogP contribution in [0.2, 0.25) is 0 Å². The first kappa shape index (κ1) is 21.5. The molecule has 5 aromatic rings. The molecule has 0 spiro atoms. The molecule has 0 saturated heterocycles.